The van der Waals surface area contributed by atoms with Crippen LogP contribution in [0.15, 0.2) is 0 Å². The quantitative estimate of drug-likeness (QED) is 0.257. The van der Waals surface area contributed by atoms with Crippen molar-refractivity contribution in [1.29, 1.82) is 0 Å². The summed E-state index contributed by atoms with van der Waals surface area (Å²) in [5.41, 5.74) is 1.26. The molecule has 0 saturated carbocycles. The number of hydrogen-bond acceptors (Lipinski definition) is 0. The molecule has 0 fully saturated rings. The van der Waals surface area contributed by atoms with Crippen molar-refractivity contribution in [2.24, 2.45) is 22.2 Å². The Kier molecular flexibility index (Phi) is 11.7. The maximum atomic E-state index is 2.60. The van der Waals surface area contributed by atoms with E-state index >= 15 is 0 Å². The van der Waals surface area contributed by atoms with E-state index in [9.17, 15) is 0 Å². The van der Waals surface area contributed by atoms with Gasteiger partial charge in [0.2, 0.25) is 0 Å². The molecular weight excluding hydrogens is 300 g/mol. The first-order valence-electron chi connectivity index (χ1n) is 11.5. The lowest BCUT2D eigenvalue weighted by atomic mass is 9.50. The van der Waals surface area contributed by atoms with E-state index in [1.807, 2.05) is 0 Å². The van der Waals surface area contributed by atoms with E-state index in [-0.39, 0.29) is 0 Å². The van der Waals surface area contributed by atoms with Gasteiger partial charge >= 0.3 is 0 Å². The highest BCUT2D eigenvalue weighted by atomic mass is 14.5. The Morgan fingerprint density at radius 3 is 1.68 bits per heavy atom. The van der Waals surface area contributed by atoms with Crippen LogP contribution < -0.4 is 0 Å². The van der Waals surface area contributed by atoms with Gasteiger partial charge in [-0.15, -0.1) is 0 Å². The maximum Gasteiger partial charge on any atom is -0.0249 e. The average Bonchev–Trinajstić information content (AvgIpc) is 2.50. The molecule has 0 heterocycles. The highest BCUT2D eigenvalue weighted by Crippen LogP contribution is 2.57. The standard InChI is InChI=1S/C25H52/c1-10-12-13-14-15-16-21-25(9,19-11-2)24(7,8)23(5,6)20-17-18-22(3)4/h22H,10-21H2,1-9H3. The van der Waals surface area contributed by atoms with Crippen LogP contribution in [0.2, 0.25) is 0 Å². The zero-order valence-electron chi connectivity index (χ0n) is 19.6. The largest absolute Gasteiger partial charge is 0.0654 e. The lowest BCUT2D eigenvalue weighted by Crippen LogP contribution is -2.46. The van der Waals surface area contributed by atoms with Gasteiger partial charge in [-0.2, -0.15) is 0 Å². The van der Waals surface area contributed by atoms with E-state index in [1.54, 1.807) is 0 Å². The van der Waals surface area contributed by atoms with Crippen LogP contribution in [0.1, 0.15) is 139 Å². The highest BCUT2D eigenvalue weighted by molar-refractivity contribution is 4.98. The molecule has 0 aliphatic heterocycles. The van der Waals surface area contributed by atoms with Crippen LogP contribution in [0.5, 0.6) is 0 Å². The first kappa shape index (κ1) is 25.0. The van der Waals surface area contributed by atoms with Crippen LogP contribution in [0, 0.1) is 22.2 Å². The fraction of sp³-hybridized carbons (Fsp3) is 1.00. The van der Waals surface area contributed by atoms with Crippen LogP contribution in [0.3, 0.4) is 0 Å². The fourth-order valence-corrected chi connectivity index (χ4v) is 4.68. The summed E-state index contributed by atoms with van der Waals surface area (Å²) in [5, 5.41) is 0. The summed E-state index contributed by atoms with van der Waals surface area (Å²) in [4.78, 5) is 0. The molecule has 1 unspecified atom stereocenters. The van der Waals surface area contributed by atoms with Gasteiger partial charge in [0.15, 0.2) is 0 Å². The topological polar surface area (TPSA) is 0 Å². The van der Waals surface area contributed by atoms with E-state index in [0.29, 0.717) is 16.2 Å². The Morgan fingerprint density at radius 2 is 1.16 bits per heavy atom. The lowest BCUT2D eigenvalue weighted by molar-refractivity contribution is -0.0507. The van der Waals surface area contributed by atoms with Gasteiger partial charge in [-0.3, -0.25) is 0 Å². The van der Waals surface area contributed by atoms with Gasteiger partial charge in [0.25, 0.3) is 0 Å². The monoisotopic (exact) mass is 352 g/mol. The van der Waals surface area contributed by atoms with Gasteiger partial charge in [-0.1, -0.05) is 120 Å². The lowest BCUT2D eigenvalue weighted by Gasteiger charge is -2.54. The molecule has 0 saturated heterocycles. The molecule has 0 amide bonds. The predicted molar refractivity (Wildman–Crippen MR) is 117 cm³/mol. The van der Waals surface area contributed by atoms with E-state index in [0.717, 1.165) is 5.92 Å². The minimum Gasteiger partial charge on any atom is -0.0654 e. The van der Waals surface area contributed by atoms with Crippen molar-refractivity contribution in [3.8, 4) is 0 Å². The average molecular weight is 353 g/mol. The van der Waals surface area contributed by atoms with Gasteiger partial charge in [0.05, 0.1) is 0 Å². The normalized spacial score (nSPS) is 15.6. The molecule has 0 aromatic rings. The first-order valence-corrected chi connectivity index (χ1v) is 11.5. The molecule has 0 spiro atoms. The van der Waals surface area contributed by atoms with Crippen molar-refractivity contribution in [1.82, 2.24) is 0 Å². The van der Waals surface area contributed by atoms with Crippen molar-refractivity contribution < 1.29 is 0 Å². The molecule has 1 atom stereocenters. The molecule has 0 aliphatic carbocycles. The van der Waals surface area contributed by atoms with Crippen LogP contribution in [0.25, 0.3) is 0 Å². The second-order valence-electron chi connectivity index (χ2n) is 10.6. The maximum absolute atomic E-state index is 2.60. The van der Waals surface area contributed by atoms with Crippen LogP contribution in [-0.4, -0.2) is 0 Å². The summed E-state index contributed by atoms with van der Waals surface area (Å²) in [5.74, 6) is 0.837. The van der Waals surface area contributed by atoms with Crippen molar-refractivity contribution in [2.75, 3.05) is 0 Å². The first-order chi connectivity index (χ1) is 11.5. The minimum absolute atomic E-state index is 0.385. The molecule has 0 aromatic carbocycles. The number of unbranched alkanes of at least 4 members (excludes halogenated alkanes) is 5. The molecule has 0 aliphatic rings. The third-order valence-electron chi connectivity index (χ3n) is 7.67. The molecule has 0 aromatic heterocycles. The van der Waals surface area contributed by atoms with Gasteiger partial charge < -0.3 is 0 Å². The van der Waals surface area contributed by atoms with Crippen LogP contribution in [0.4, 0.5) is 0 Å². The Hall–Kier alpha value is 0. The Bertz CT molecular complexity index is 323. The zero-order valence-corrected chi connectivity index (χ0v) is 19.6. The smallest absolute Gasteiger partial charge is 0.0249 e. The summed E-state index contributed by atoms with van der Waals surface area (Å²) in [6.07, 6.45) is 16.7. The van der Waals surface area contributed by atoms with Gasteiger partial charge in [0, 0.05) is 0 Å². The molecular formula is C25H52. The third kappa shape index (κ3) is 8.04. The second-order valence-corrected chi connectivity index (χ2v) is 10.6. The molecule has 25 heavy (non-hydrogen) atoms. The van der Waals surface area contributed by atoms with Crippen molar-refractivity contribution in [2.45, 2.75) is 139 Å². The molecule has 0 nitrogen and oxygen atoms in total. The minimum atomic E-state index is 0.385. The third-order valence-corrected chi connectivity index (χ3v) is 7.67. The van der Waals surface area contributed by atoms with Crippen LogP contribution >= 0.6 is 0 Å². The molecule has 0 N–H and O–H groups in total. The summed E-state index contributed by atoms with van der Waals surface area (Å²) in [6.45, 7) is 22.3. The summed E-state index contributed by atoms with van der Waals surface area (Å²) in [6, 6.07) is 0. The van der Waals surface area contributed by atoms with Crippen LogP contribution in [-0.2, 0) is 0 Å². The number of rotatable bonds is 15. The van der Waals surface area contributed by atoms with Gasteiger partial charge in [0.1, 0.15) is 0 Å². The summed E-state index contributed by atoms with van der Waals surface area (Å²) in [7, 11) is 0. The molecule has 0 bridgehead atoms. The van der Waals surface area contributed by atoms with Crippen molar-refractivity contribution in [3.05, 3.63) is 0 Å². The Balaban J connectivity index is 4.85. The summed E-state index contributed by atoms with van der Waals surface area (Å²) >= 11 is 0. The fourth-order valence-electron chi connectivity index (χ4n) is 4.68. The zero-order chi connectivity index (χ0) is 19.6. The van der Waals surface area contributed by atoms with E-state index in [4.69, 9.17) is 0 Å². The molecule has 0 radical (unpaired) electrons. The van der Waals surface area contributed by atoms with Crippen molar-refractivity contribution in [3.63, 3.8) is 0 Å². The second kappa shape index (κ2) is 11.7. The Labute approximate surface area is 161 Å². The molecule has 0 heteroatoms. The molecule has 0 rings (SSSR count). The molecule has 152 valence electrons. The highest BCUT2D eigenvalue weighted by Gasteiger charge is 2.48. The SMILES string of the molecule is CCCCCCCCC(C)(CCC)C(C)(C)C(C)(C)CCCC(C)C. The van der Waals surface area contributed by atoms with Gasteiger partial charge in [-0.25, -0.2) is 0 Å². The summed E-state index contributed by atoms with van der Waals surface area (Å²) < 4.78 is 0. The van der Waals surface area contributed by atoms with E-state index in [2.05, 4.69) is 62.3 Å². The van der Waals surface area contributed by atoms with E-state index in [1.165, 1.54) is 77.0 Å². The van der Waals surface area contributed by atoms with Crippen molar-refractivity contribution >= 4 is 0 Å². The Morgan fingerprint density at radius 1 is 0.600 bits per heavy atom. The van der Waals surface area contributed by atoms with Gasteiger partial charge in [-0.05, 0) is 41.4 Å². The number of hydrogen-bond donors (Lipinski definition) is 0. The van der Waals surface area contributed by atoms with E-state index < -0.39 is 0 Å². The predicted octanol–water partition coefficient (Wildman–Crippen LogP) is 9.42.